The minimum atomic E-state index is 0. The number of piperazine rings is 1. The number of nitriles is 1. The second kappa shape index (κ2) is 9.51. The molecule has 1 atom stereocenters. The molecular formula is C12H17BrCl2N4. The van der Waals surface area contributed by atoms with Crippen LogP contribution in [-0.2, 0) is 0 Å². The number of nitrogens with zero attached hydrogens (tertiary/aromatic N) is 3. The van der Waals surface area contributed by atoms with Crippen LogP contribution in [0.1, 0.15) is 18.0 Å². The number of aromatic nitrogens is 1. The van der Waals surface area contributed by atoms with Crippen molar-refractivity contribution in [3.05, 3.63) is 28.5 Å². The summed E-state index contributed by atoms with van der Waals surface area (Å²) >= 11 is 3.38. The molecule has 1 aliphatic rings. The minimum Gasteiger partial charge on any atom is -0.314 e. The molecule has 2 heterocycles. The van der Waals surface area contributed by atoms with Gasteiger partial charge in [0.2, 0.25) is 0 Å². The third-order valence-electron chi connectivity index (χ3n) is 3.01. The summed E-state index contributed by atoms with van der Waals surface area (Å²) in [5, 5.41) is 12.3. The van der Waals surface area contributed by atoms with Crippen molar-refractivity contribution in [1.82, 2.24) is 15.2 Å². The van der Waals surface area contributed by atoms with E-state index in [-0.39, 0.29) is 30.9 Å². The predicted molar refractivity (Wildman–Crippen MR) is 83.8 cm³/mol. The van der Waals surface area contributed by atoms with Gasteiger partial charge in [-0.3, -0.25) is 4.90 Å². The van der Waals surface area contributed by atoms with Crippen molar-refractivity contribution < 1.29 is 0 Å². The molecule has 19 heavy (non-hydrogen) atoms. The Balaban J connectivity index is 0.00000162. The molecule has 2 rings (SSSR count). The molecule has 1 aromatic rings. The lowest BCUT2D eigenvalue weighted by molar-refractivity contribution is 0.175. The van der Waals surface area contributed by atoms with Gasteiger partial charge in [0.1, 0.15) is 4.60 Å². The SMILES string of the molecule is Cl.Cl.N#CC[C@H](c1ccnc(Br)c1)N1CCNCC1. The highest BCUT2D eigenvalue weighted by Crippen LogP contribution is 2.25. The lowest BCUT2D eigenvalue weighted by atomic mass is 10.0. The quantitative estimate of drug-likeness (QED) is 0.834. The van der Waals surface area contributed by atoms with Gasteiger partial charge < -0.3 is 5.32 Å². The molecule has 4 nitrogen and oxygen atoms in total. The largest absolute Gasteiger partial charge is 0.314 e. The van der Waals surface area contributed by atoms with Crippen LogP contribution in [0.3, 0.4) is 0 Å². The normalized spacial score (nSPS) is 16.6. The Morgan fingerprint density at radius 2 is 2.11 bits per heavy atom. The molecule has 0 radical (unpaired) electrons. The van der Waals surface area contributed by atoms with Crippen LogP contribution in [0.25, 0.3) is 0 Å². The fraction of sp³-hybridized carbons (Fsp3) is 0.500. The van der Waals surface area contributed by atoms with Crippen molar-refractivity contribution in [2.45, 2.75) is 12.5 Å². The Bertz CT molecular complexity index is 418. The zero-order valence-corrected chi connectivity index (χ0v) is 13.6. The third kappa shape index (κ3) is 5.25. The van der Waals surface area contributed by atoms with Gasteiger partial charge in [0, 0.05) is 38.4 Å². The minimum absolute atomic E-state index is 0. The van der Waals surface area contributed by atoms with E-state index >= 15 is 0 Å². The van der Waals surface area contributed by atoms with E-state index in [2.05, 4.69) is 37.2 Å². The zero-order chi connectivity index (χ0) is 12.1. The van der Waals surface area contributed by atoms with Gasteiger partial charge in [-0.25, -0.2) is 4.98 Å². The summed E-state index contributed by atoms with van der Waals surface area (Å²) in [5.74, 6) is 0. The van der Waals surface area contributed by atoms with Crippen LogP contribution >= 0.6 is 40.7 Å². The molecule has 1 aliphatic heterocycles. The average Bonchev–Trinajstić information content (AvgIpc) is 2.37. The summed E-state index contributed by atoms with van der Waals surface area (Å²) in [5.41, 5.74) is 1.16. The highest BCUT2D eigenvalue weighted by molar-refractivity contribution is 9.10. The molecule has 7 heteroatoms. The molecule has 0 unspecified atom stereocenters. The van der Waals surface area contributed by atoms with Crippen molar-refractivity contribution in [2.75, 3.05) is 26.2 Å². The topological polar surface area (TPSA) is 52.0 Å². The number of nitrogens with one attached hydrogen (secondary N) is 1. The molecule has 1 aromatic heterocycles. The second-order valence-electron chi connectivity index (χ2n) is 4.08. The van der Waals surface area contributed by atoms with E-state index in [1.165, 1.54) is 0 Å². The van der Waals surface area contributed by atoms with Gasteiger partial charge in [-0.1, -0.05) is 0 Å². The summed E-state index contributed by atoms with van der Waals surface area (Å²) < 4.78 is 0.827. The van der Waals surface area contributed by atoms with Gasteiger partial charge in [0.05, 0.1) is 12.5 Å². The smallest absolute Gasteiger partial charge is 0.106 e. The monoisotopic (exact) mass is 366 g/mol. The number of pyridine rings is 1. The van der Waals surface area contributed by atoms with Crippen LogP contribution in [0, 0.1) is 11.3 Å². The summed E-state index contributed by atoms with van der Waals surface area (Å²) in [6, 6.07) is 6.47. The Morgan fingerprint density at radius 1 is 1.42 bits per heavy atom. The fourth-order valence-corrected chi connectivity index (χ4v) is 2.55. The second-order valence-corrected chi connectivity index (χ2v) is 4.89. The maximum absolute atomic E-state index is 8.98. The molecule has 106 valence electrons. The van der Waals surface area contributed by atoms with Crippen LogP contribution < -0.4 is 5.32 Å². The molecule has 1 saturated heterocycles. The van der Waals surface area contributed by atoms with Crippen molar-refractivity contribution >= 4 is 40.7 Å². The number of hydrogen-bond acceptors (Lipinski definition) is 4. The van der Waals surface area contributed by atoms with Crippen molar-refractivity contribution in [1.29, 1.82) is 5.26 Å². The molecule has 0 spiro atoms. The van der Waals surface area contributed by atoms with Gasteiger partial charge in [0.25, 0.3) is 0 Å². The van der Waals surface area contributed by atoms with E-state index in [0.29, 0.717) is 6.42 Å². The molecule has 0 saturated carbocycles. The molecule has 0 bridgehead atoms. The van der Waals surface area contributed by atoms with Crippen LogP contribution in [0.4, 0.5) is 0 Å². The van der Waals surface area contributed by atoms with E-state index < -0.39 is 0 Å². The first kappa shape index (κ1) is 18.6. The first-order valence-electron chi connectivity index (χ1n) is 5.74. The highest BCUT2D eigenvalue weighted by Gasteiger charge is 2.22. The fourth-order valence-electron chi connectivity index (χ4n) is 2.16. The van der Waals surface area contributed by atoms with Crippen molar-refractivity contribution in [3.63, 3.8) is 0 Å². The number of hydrogen-bond donors (Lipinski definition) is 1. The van der Waals surface area contributed by atoms with Crippen LogP contribution in [0.2, 0.25) is 0 Å². The van der Waals surface area contributed by atoms with Gasteiger partial charge in [-0.15, -0.1) is 24.8 Å². The van der Waals surface area contributed by atoms with E-state index in [0.717, 1.165) is 36.3 Å². The van der Waals surface area contributed by atoms with E-state index in [9.17, 15) is 0 Å². The van der Waals surface area contributed by atoms with E-state index in [1.54, 1.807) is 6.20 Å². The molecule has 0 aromatic carbocycles. The first-order chi connectivity index (χ1) is 8.31. The van der Waals surface area contributed by atoms with Gasteiger partial charge in [0.15, 0.2) is 0 Å². The Labute approximate surface area is 134 Å². The Hall–Kier alpha value is -0.380. The highest BCUT2D eigenvalue weighted by atomic mass is 79.9. The zero-order valence-electron chi connectivity index (χ0n) is 10.4. The van der Waals surface area contributed by atoms with Crippen molar-refractivity contribution in [2.24, 2.45) is 0 Å². The molecule has 1 fully saturated rings. The number of rotatable bonds is 3. The van der Waals surface area contributed by atoms with Crippen LogP contribution in [0.15, 0.2) is 22.9 Å². The molecule has 0 aliphatic carbocycles. The van der Waals surface area contributed by atoms with Gasteiger partial charge in [-0.05, 0) is 33.6 Å². The van der Waals surface area contributed by atoms with Crippen LogP contribution in [0.5, 0.6) is 0 Å². The van der Waals surface area contributed by atoms with Crippen LogP contribution in [-0.4, -0.2) is 36.1 Å². The maximum Gasteiger partial charge on any atom is 0.106 e. The van der Waals surface area contributed by atoms with Gasteiger partial charge >= 0.3 is 0 Å². The molecular weight excluding hydrogens is 351 g/mol. The molecule has 0 amide bonds. The predicted octanol–water partition coefficient (Wildman–Crippen LogP) is 2.55. The van der Waals surface area contributed by atoms with E-state index in [1.807, 2.05) is 12.1 Å². The third-order valence-corrected chi connectivity index (χ3v) is 3.45. The Kier molecular flexibility index (Phi) is 9.32. The maximum atomic E-state index is 8.98. The lowest BCUT2D eigenvalue weighted by Crippen LogP contribution is -2.45. The molecule has 1 N–H and O–H groups in total. The van der Waals surface area contributed by atoms with E-state index in [4.69, 9.17) is 5.26 Å². The number of halogens is 3. The summed E-state index contributed by atoms with van der Waals surface area (Å²) in [4.78, 5) is 6.49. The summed E-state index contributed by atoms with van der Waals surface area (Å²) in [6.45, 7) is 3.97. The summed E-state index contributed by atoms with van der Waals surface area (Å²) in [6.07, 6.45) is 2.31. The summed E-state index contributed by atoms with van der Waals surface area (Å²) in [7, 11) is 0. The average molecular weight is 368 g/mol. The van der Waals surface area contributed by atoms with Gasteiger partial charge in [-0.2, -0.15) is 5.26 Å². The first-order valence-corrected chi connectivity index (χ1v) is 6.53. The standard InChI is InChI=1S/C12H15BrN4.2ClH/c13-12-9-10(2-4-16-12)11(1-3-14)17-7-5-15-6-8-17;;/h2,4,9,11,15H,1,5-8H2;2*1H/t11-;;/m1../s1. The Morgan fingerprint density at radius 3 is 2.68 bits per heavy atom. The lowest BCUT2D eigenvalue weighted by Gasteiger charge is -2.34. The van der Waals surface area contributed by atoms with Crippen molar-refractivity contribution in [3.8, 4) is 6.07 Å².